The van der Waals surface area contributed by atoms with Crippen molar-refractivity contribution in [3.8, 4) is 5.69 Å². The molecule has 0 unspecified atom stereocenters. The predicted octanol–water partition coefficient (Wildman–Crippen LogP) is 0.784. The van der Waals surface area contributed by atoms with Gasteiger partial charge in [0, 0.05) is 13.6 Å². The molecule has 1 aromatic heterocycles. The molecule has 0 bridgehead atoms. The van der Waals surface area contributed by atoms with Gasteiger partial charge in [-0.3, -0.25) is 14.0 Å². The van der Waals surface area contributed by atoms with Crippen LogP contribution in [0.15, 0.2) is 35.1 Å². The molecule has 0 fully saturated rings. The SMILES string of the molecule is Cc1c(NCCS(=O)(=O)O)c(=O)n(-c2ccccc2)n1C. The molecule has 2 rings (SSSR count). The zero-order chi connectivity index (χ0) is 15.6. The number of hydrogen-bond acceptors (Lipinski definition) is 4. The van der Waals surface area contributed by atoms with E-state index < -0.39 is 15.9 Å². The van der Waals surface area contributed by atoms with E-state index in [9.17, 15) is 13.2 Å². The van der Waals surface area contributed by atoms with Gasteiger partial charge < -0.3 is 5.32 Å². The van der Waals surface area contributed by atoms with Crippen molar-refractivity contribution < 1.29 is 13.0 Å². The average molecular weight is 311 g/mol. The van der Waals surface area contributed by atoms with Gasteiger partial charge in [0.15, 0.2) is 0 Å². The summed E-state index contributed by atoms with van der Waals surface area (Å²) in [6.07, 6.45) is 0. The highest BCUT2D eigenvalue weighted by Gasteiger charge is 2.16. The van der Waals surface area contributed by atoms with Crippen LogP contribution in [0.2, 0.25) is 0 Å². The smallest absolute Gasteiger partial charge is 0.295 e. The molecule has 1 heterocycles. The standard InChI is InChI=1S/C13H17N3O4S/c1-10-12(14-8-9-21(18,19)20)13(17)16(15(10)2)11-6-4-3-5-7-11/h3-7,14H,8-9H2,1-2H3,(H,18,19,20). The third-order valence-corrected chi connectivity index (χ3v) is 3.94. The van der Waals surface area contributed by atoms with Gasteiger partial charge in [0.1, 0.15) is 5.69 Å². The Hall–Kier alpha value is -2.06. The van der Waals surface area contributed by atoms with E-state index in [1.807, 2.05) is 30.3 Å². The van der Waals surface area contributed by atoms with Crippen molar-refractivity contribution in [1.82, 2.24) is 9.36 Å². The summed E-state index contributed by atoms with van der Waals surface area (Å²) in [6, 6.07) is 9.13. The monoisotopic (exact) mass is 311 g/mol. The summed E-state index contributed by atoms with van der Waals surface area (Å²) in [5.74, 6) is -0.452. The van der Waals surface area contributed by atoms with E-state index in [0.29, 0.717) is 11.4 Å². The molecule has 0 atom stereocenters. The second-order valence-electron chi connectivity index (χ2n) is 4.65. The Morgan fingerprint density at radius 1 is 1.24 bits per heavy atom. The molecule has 8 heteroatoms. The molecular weight excluding hydrogens is 294 g/mol. The quantitative estimate of drug-likeness (QED) is 0.796. The lowest BCUT2D eigenvalue weighted by molar-refractivity contribution is 0.484. The highest BCUT2D eigenvalue weighted by Crippen LogP contribution is 2.13. The molecule has 21 heavy (non-hydrogen) atoms. The number of nitrogens with one attached hydrogen (secondary N) is 1. The number of aromatic nitrogens is 2. The molecule has 0 amide bonds. The number of anilines is 1. The molecule has 0 radical (unpaired) electrons. The maximum Gasteiger partial charge on any atom is 0.295 e. The first kappa shape index (κ1) is 15.3. The molecule has 0 aliphatic heterocycles. The van der Waals surface area contributed by atoms with Gasteiger partial charge in [-0.05, 0) is 19.1 Å². The molecule has 0 aliphatic carbocycles. The first-order valence-electron chi connectivity index (χ1n) is 6.34. The van der Waals surface area contributed by atoms with Crippen LogP contribution in [0.4, 0.5) is 5.69 Å². The van der Waals surface area contributed by atoms with E-state index in [1.54, 1.807) is 18.7 Å². The minimum atomic E-state index is -4.05. The third-order valence-electron chi connectivity index (χ3n) is 3.22. The van der Waals surface area contributed by atoms with Crippen molar-refractivity contribution >= 4 is 15.8 Å². The van der Waals surface area contributed by atoms with Crippen LogP contribution in [0.25, 0.3) is 5.69 Å². The maximum atomic E-state index is 12.4. The fourth-order valence-electron chi connectivity index (χ4n) is 2.08. The van der Waals surface area contributed by atoms with Crippen LogP contribution < -0.4 is 10.9 Å². The average Bonchev–Trinajstić information content (AvgIpc) is 2.62. The first-order valence-corrected chi connectivity index (χ1v) is 7.95. The Morgan fingerprint density at radius 3 is 2.43 bits per heavy atom. The van der Waals surface area contributed by atoms with Gasteiger partial charge in [-0.25, -0.2) is 4.68 Å². The lowest BCUT2D eigenvalue weighted by Crippen LogP contribution is -2.22. The van der Waals surface area contributed by atoms with Crippen LogP contribution in [0.5, 0.6) is 0 Å². The molecule has 2 aromatic rings. The molecule has 1 aromatic carbocycles. The van der Waals surface area contributed by atoms with E-state index in [4.69, 9.17) is 4.55 Å². The van der Waals surface area contributed by atoms with Crippen molar-refractivity contribution in [2.75, 3.05) is 17.6 Å². The van der Waals surface area contributed by atoms with E-state index in [2.05, 4.69) is 5.32 Å². The van der Waals surface area contributed by atoms with E-state index in [0.717, 1.165) is 5.69 Å². The Kier molecular flexibility index (Phi) is 4.19. The minimum Gasteiger partial charge on any atom is -0.378 e. The minimum absolute atomic E-state index is 0.0340. The molecule has 0 saturated heterocycles. The topological polar surface area (TPSA) is 93.3 Å². The van der Waals surface area contributed by atoms with Crippen LogP contribution >= 0.6 is 0 Å². The molecule has 114 valence electrons. The van der Waals surface area contributed by atoms with Gasteiger partial charge in [-0.1, -0.05) is 18.2 Å². The van der Waals surface area contributed by atoms with Crippen molar-refractivity contribution in [3.05, 3.63) is 46.4 Å². The van der Waals surface area contributed by atoms with Crippen LogP contribution in [-0.2, 0) is 17.2 Å². The fraction of sp³-hybridized carbons (Fsp3) is 0.308. The summed E-state index contributed by atoms with van der Waals surface area (Å²) in [7, 11) is -2.31. The van der Waals surface area contributed by atoms with Crippen LogP contribution in [0, 0.1) is 6.92 Å². The van der Waals surface area contributed by atoms with Crippen LogP contribution in [0.3, 0.4) is 0 Å². The lowest BCUT2D eigenvalue weighted by atomic mass is 10.3. The number of rotatable bonds is 5. The molecule has 0 aliphatic rings. The normalized spacial score (nSPS) is 11.6. The second kappa shape index (κ2) is 5.74. The summed E-state index contributed by atoms with van der Waals surface area (Å²) in [5, 5.41) is 2.78. The first-order chi connectivity index (χ1) is 9.81. The highest BCUT2D eigenvalue weighted by atomic mass is 32.2. The fourth-order valence-corrected chi connectivity index (χ4v) is 2.44. The summed E-state index contributed by atoms with van der Waals surface area (Å²) in [4.78, 5) is 12.4. The lowest BCUT2D eigenvalue weighted by Gasteiger charge is -2.07. The van der Waals surface area contributed by atoms with Crippen molar-refractivity contribution in [2.24, 2.45) is 7.05 Å². The summed E-state index contributed by atoms with van der Waals surface area (Å²) in [6.45, 7) is 1.73. The number of para-hydroxylation sites is 1. The largest absolute Gasteiger partial charge is 0.378 e. The highest BCUT2D eigenvalue weighted by molar-refractivity contribution is 7.85. The Balaban J connectivity index is 2.35. The molecular formula is C13H17N3O4S. The number of nitrogens with zero attached hydrogens (tertiary/aromatic N) is 2. The summed E-state index contributed by atoms with van der Waals surface area (Å²) >= 11 is 0. The molecule has 0 spiro atoms. The van der Waals surface area contributed by atoms with Gasteiger partial charge in [0.2, 0.25) is 0 Å². The van der Waals surface area contributed by atoms with Crippen molar-refractivity contribution in [1.29, 1.82) is 0 Å². The van der Waals surface area contributed by atoms with Crippen molar-refractivity contribution in [2.45, 2.75) is 6.92 Å². The number of hydrogen-bond donors (Lipinski definition) is 2. The second-order valence-corrected chi connectivity index (χ2v) is 6.22. The third kappa shape index (κ3) is 3.34. The zero-order valence-electron chi connectivity index (χ0n) is 11.8. The van der Waals surface area contributed by atoms with Gasteiger partial charge in [0.25, 0.3) is 15.7 Å². The molecule has 0 saturated carbocycles. The molecule has 7 nitrogen and oxygen atoms in total. The van der Waals surface area contributed by atoms with Crippen LogP contribution in [-0.4, -0.2) is 34.6 Å². The summed E-state index contributed by atoms with van der Waals surface area (Å²) < 4.78 is 33.3. The predicted molar refractivity (Wildman–Crippen MR) is 80.7 cm³/mol. The zero-order valence-corrected chi connectivity index (χ0v) is 12.6. The van der Waals surface area contributed by atoms with Gasteiger partial charge >= 0.3 is 0 Å². The van der Waals surface area contributed by atoms with Crippen LogP contribution in [0.1, 0.15) is 5.69 Å². The Morgan fingerprint density at radius 2 is 1.86 bits per heavy atom. The van der Waals surface area contributed by atoms with Crippen molar-refractivity contribution in [3.63, 3.8) is 0 Å². The van der Waals surface area contributed by atoms with E-state index >= 15 is 0 Å². The van der Waals surface area contributed by atoms with E-state index in [1.165, 1.54) is 4.68 Å². The van der Waals surface area contributed by atoms with E-state index in [-0.39, 0.29) is 12.1 Å². The Labute approximate surface area is 122 Å². The summed E-state index contributed by atoms with van der Waals surface area (Å²) in [5.41, 5.74) is 1.46. The maximum absolute atomic E-state index is 12.4. The Bertz CT molecular complexity index is 791. The number of benzene rings is 1. The van der Waals surface area contributed by atoms with Gasteiger partial charge in [-0.15, -0.1) is 0 Å². The van der Waals surface area contributed by atoms with Gasteiger partial charge in [-0.2, -0.15) is 8.42 Å². The van der Waals surface area contributed by atoms with Gasteiger partial charge in [0.05, 0.1) is 17.1 Å². The molecule has 2 N–H and O–H groups in total.